The molecule has 140 valence electrons. The van der Waals surface area contributed by atoms with Crippen LogP contribution < -0.4 is 0 Å². The Hall–Kier alpha value is -1.77. The monoisotopic (exact) mass is 346 g/mol. The van der Waals surface area contributed by atoms with Crippen molar-refractivity contribution < 1.29 is 15.0 Å². The minimum Gasteiger partial charge on any atom is -0.507 e. The van der Waals surface area contributed by atoms with Crippen molar-refractivity contribution in [2.24, 2.45) is 0 Å². The molecule has 0 aromatic heterocycles. The third-order valence-electron chi connectivity index (χ3n) is 4.57. The third kappa shape index (κ3) is 9.33. The Bertz CT molecular complexity index is 520. The number of carboxylic acids is 1. The van der Waals surface area contributed by atoms with E-state index in [2.05, 4.69) is 13.0 Å². The Balaban J connectivity index is 2.10. The fraction of sp³-hybridized carbons (Fsp3) is 0.591. The number of benzene rings is 1. The first-order valence-electron chi connectivity index (χ1n) is 9.86. The molecule has 0 fully saturated rings. The highest BCUT2D eigenvalue weighted by atomic mass is 16.4. The van der Waals surface area contributed by atoms with Crippen LogP contribution in [0.5, 0.6) is 5.75 Å². The van der Waals surface area contributed by atoms with Gasteiger partial charge in [0.15, 0.2) is 0 Å². The molecule has 1 aromatic rings. The Labute approximate surface area is 152 Å². The minimum absolute atomic E-state index is 0.0195. The van der Waals surface area contributed by atoms with Crippen molar-refractivity contribution >= 4 is 5.97 Å². The van der Waals surface area contributed by atoms with Gasteiger partial charge in [-0.25, -0.2) is 4.79 Å². The number of aromatic hydroxyl groups is 1. The summed E-state index contributed by atoms with van der Waals surface area (Å²) in [7, 11) is 0. The van der Waals surface area contributed by atoms with Gasteiger partial charge in [-0.15, -0.1) is 0 Å². The molecule has 1 rings (SSSR count). The van der Waals surface area contributed by atoms with Crippen LogP contribution in [0.4, 0.5) is 0 Å². The summed E-state index contributed by atoms with van der Waals surface area (Å²) in [6.45, 7) is 2.25. The molecule has 25 heavy (non-hydrogen) atoms. The number of aromatic carboxylic acids is 1. The van der Waals surface area contributed by atoms with Crippen LogP contribution in [0, 0.1) is 0 Å². The fourth-order valence-corrected chi connectivity index (χ4v) is 3.08. The van der Waals surface area contributed by atoms with Gasteiger partial charge in [-0.1, -0.05) is 89.0 Å². The second kappa shape index (κ2) is 13.5. The van der Waals surface area contributed by atoms with E-state index in [1.54, 1.807) is 12.1 Å². The van der Waals surface area contributed by atoms with Crippen molar-refractivity contribution in [3.63, 3.8) is 0 Å². The van der Waals surface area contributed by atoms with Crippen molar-refractivity contribution in [1.29, 1.82) is 0 Å². The number of phenols is 1. The lowest BCUT2D eigenvalue weighted by Gasteiger charge is -2.05. The number of hydrogen-bond donors (Lipinski definition) is 2. The summed E-state index contributed by atoms with van der Waals surface area (Å²) in [5, 5.41) is 18.8. The normalized spacial score (nSPS) is 11.2. The molecule has 3 heteroatoms. The van der Waals surface area contributed by atoms with Gasteiger partial charge in [0.25, 0.3) is 0 Å². The molecule has 2 N–H and O–H groups in total. The van der Waals surface area contributed by atoms with Crippen molar-refractivity contribution in [2.75, 3.05) is 0 Å². The first-order valence-corrected chi connectivity index (χ1v) is 9.86. The average molecular weight is 347 g/mol. The average Bonchev–Trinajstić information content (AvgIpc) is 2.58. The highest BCUT2D eigenvalue weighted by Gasteiger charge is 2.13. The maximum Gasteiger partial charge on any atom is 0.339 e. The van der Waals surface area contributed by atoms with E-state index in [1.165, 1.54) is 70.3 Å². The van der Waals surface area contributed by atoms with Gasteiger partial charge in [0, 0.05) is 0 Å². The van der Waals surface area contributed by atoms with Crippen LogP contribution in [0.15, 0.2) is 30.4 Å². The highest BCUT2D eigenvalue weighted by molar-refractivity contribution is 5.92. The van der Waals surface area contributed by atoms with E-state index in [-0.39, 0.29) is 11.3 Å². The molecular weight excluding hydrogens is 312 g/mol. The van der Waals surface area contributed by atoms with Crippen LogP contribution in [0.3, 0.4) is 0 Å². The number of carbonyl (C=O) groups is 1. The SMILES string of the molecule is CCCCCCCCCCCCC=CCc1cccc(O)c1C(=O)O. The predicted octanol–water partition coefficient (Wildman–Crippen LogP) is 6.50. The summed E-state index contributed by atoms with van der Waals surface area (Å²) in [6.07, 6.45) is 19.1. The van der Waals surface area contributed by atoms with Crippen LogP contribution in [0.2, 0.25) is 0 Å². The summed E-state index contributed by atoms with van der Waals surface area (Å²) in [5.41, 5.74) is 0.679. The molecule has 0 radical (unpaired) electrons. The second-order valence-electron chi connectivity index (χ2n) is 6.76. The van der Waals surface area contributed by atoms with Crippen LogP contribution in [-0.4, -0.2) is 16.2 Å². The number of hydrogen-bond acceptors (Lipinski definition) is 2. The smallest absolute Gasteiger partial charge is 0.339 e. The predicted molar refractivity (Wildman–Crippen MR) is 104 cm³/mol. The van der Waals surface area contributed by atoms with E-state index in [1.807, 2.05) is 6.08 Å². The van der Waals surface area contributed by atoms with E-state index in [4.69, 9.17) is 5.11 Å². The van der Waals surface area contributed by atoms with E-state index in [9.17, 15) is 9.90 Å². The summed E-state index contributed by atoms with van der Waals surface area (Å²) < 4.78 is 0. The second-order valence-corrected chi connectivity index (χ2v) is 6.76. The van der Waals surface area contributed by atoms with Gasteiger partial charge in [-0.2, -0.15) is 0 Å². The molecule has 0 aliphatic rings. The Morgan fingerprint density at radius 3 is 2.12 bits per heavy atom. The maximum absolute atomic E-state index is 11.2. The fourth-order valence-electron chi connectivity index (χ4n) is 3.08. The van der Waals surface area contributed by atoms with Crippen LogP contribution in [-0.2, 0) is 6.42 Å². The topological polar surface area (TPSA) is 57.5 Å². The van der Waals surface area contributed by atoms with Gasteiger partial charge in [0.1, 0.15) is 11.3 Å². The van der Waals surface area contributed by atoms with Gasteiger partial charge in [-0.3, -0.25) is 0 Å². The van der Waals surface area contributed by atoms with E-state index in [0.29, 0.717) is 12.0 Å². The Kier molecular flexibility index (Phi) is 11.5. The molecule has 0 spiro atoms. The number of rotatable bonds is 14. The largest absolute Gasteiger partial charge is 0.507 e. The lowest BCUT2D eigenvalue weighted by atomic mass is 10.0. The molecule has 0 amide bonds. The minimum atomic E-state index is -1.07. The molecule has 0 aliphatic heterocycles. The molecule has 0 bridgehead atoms. The van der Waals surface area contributed by atoms with Crippen molar-refractivity contribution in [3.05, 3.63) is 41.5 Å². The van der Waals surface area contributed by atoms with E-state index in [0.717, 1.165) is 6.42 Å². The molecule has 0 unspecified atom stereocenters. The van der Waals surface area contributed by atoms with Gasteiger partial charge in [0.05, 0.1) is 0 Å². The van der Waals surface area contributed by atoms with Gasteiger partial charge in [0.2, 0.25) is 0 Å². The first kappa shape index (κ1) is 21.3. The van der Waals surface area contributed by atoms with Crippen molar-refractivity contribution in [1.82, 2.24) is 0 Å². The van der Waals surface area contributed by atoms with E-state index < -0.39 is 5.97 Å². The number of allylic oxidation sites excluding steroid dienone is 2. The van der Waals surface area contributed by atoms with Gasteiger partial charge >= 0.3 is 5.97 Å². The lowest BCUT2D eigenvalue weighted by molar-refractivity contribution is 0.0692. The summed E-state index contributed by atoms with van der Waals surface area (Å²) >= 11 is 0. The Morgan fingerprint density at radius 2 is 1.52 bits per heavy atom. The van der Waals surface area contributed by atoms with Crippen LogP contribution in [0.1, 0.15) is 93.5 Å². The zero-order chi connectivity index (χ0) is 18.3. The Morgan fingerprint density at radius 1 is 0.920 bits per heavy atom. The van der Waals surface area contributed by atoms with Gasteiger partial charge in [-0.05, 0) is 30.9 Å². The van der Waals surface area contributed by atoms with E-state index >= 15 is 0 Å². The number of carboxylic acid groups (broad SMARTS) is 1. The quantitative estimate of drug-likeness (QED) is 0.298. The molecule has 0 saturated heterocycles. The number of unbranched alkanes of at least 4 members (excludes halogenated alkanes) is 10. The highest BCUT2D eigenvalue weighted by Crippen LogP contribution is 2.21. The third-order valence-corrected chi connectivity index (χ3v) is 4.57. The first-order chi connectivity index (χ1) is 12.2. The lowest BCUT2D eigenvalue weighted by Crippen LogP contribution is -2.02. The summed E-state index contributed by atoms with van der Waals surface area (Å²) in [4.78, 5) is 11.2. The van der Waals surface area contributed by atoms with Gasteiger partial charge < -0.3 is 10.2 Å². The van der Waals surface area contributed by atoms with Crippen LogP contribution >= 0.6 is 0 Å². The molecule has 0 atom stereocenters. The zero-order valence-corrected chi connectivity index (χ0v) is 15.7. The molecule has 0 saturated carbocycles. The summed E-state index contributed by atoms with van der Waals surface area (Å²) in [6, 6.07) is 4.86. The molecule has 0 aliphatic carbocycles. The summed E-state index contributed by atoms with van der Waals surface area (Å²) in [5.74, 6) is -1.23. The standard InChI is InChI=1S/C22H34O3/c1-2-3-4-5-6-7-8-9-10-11-12-13-14-16-19-17-15-18-20(23)21(19)22(24)25/h13-15,17-18,23H,2-12,16H2,1H3,(H,24,25). The molecular formula is C22H34O3. The molecule has 1 aromatic carbocycles. The zero-order valence-electron chi connectivity index (χ0n) is 15.7. The maximum atomic E-state index is 11.2. The van der Waals surface area contributed by atoms with Crippen molar-refractivity contribution in [2.45, 2.75) is 84.0 Å². The molecule has 0 heterocycles. The van der Waals surface area contributed by atoms with Crippen molar-refractivity contribution in [3.8, 4) is 5.75 Å². The van der Waals surface area contributed by atoms with Crippen LogP contribution in [0.25, 0.3) is 0 Å². The molecule has 3 nitrogen and oxygen atoms in total.